The molecule has 0 aliphatic heterocycles. The third-order valence-corrected chi connectivity index (χ3v) is 2.60. The Balaban J connectivity index is 2.36. The summed E-state index contributed by atoms with van der Waals surface area (Å²) < 4.78 is 0. The highest BCUT2D eigenvalue weighted by atomic mass is 16.3. The van der Waals surface area contributed by atoms with E-state index in [1.54, 1.807) is 0 Å². The van der Waals surface area contributed by atoms with Crippen LogP contribution in [-0.4, -0.2) is 10.1 Å². The van der Waals surface area contributed by atoms with Crippen LogP contribution < -0.4 is 0 Å². The first-order valence-corrected chi connectivity index (χ1v) is 5.07. The molecule has 0 radical (unpaired) electrons. The van der Waals surface area contributed by atoms with Gasteiger partial charge in [0.05, 0.1) is 0 Å². The monoisotopic (exact) mass is 201 g/mol. The van der Waals surface area contributed by atoms with E-state index in [0.717, 1.165) is 22.5 Å². The summed E-state index contributed by atoms with van der Waals surface area (Å²) in [5.41, 5.74) is 4.00. The van der Waals surface area contributed by atoms with Gasteiger partial charge in [-0.1, -0.05) is 30.3 Å². The zero-order valence-electron chi connectivity index (χ0n) is 8.99. The van der Waals surface area contributed by atoms with Crippen molar-refractivity contribution in [2.75, 3.05) is 0 Å². The Kier molecular flexibility index (Phi) is 2.60. The molecule has 2 heteroatoms. The first-order chi connectivity index (χ1) is 7.18. The lowest BCUT2D eigenvalue weighted by atomic mass is 10.0. The third-order valence-electron chi connectivity index (χ3n) is 2.60. The summed E-state index contributed by atoms with van der Waals surface area (Å²) in [5.74, 6) is 0. The molecule has 0 saturated heterocycles. The molecule has 0 bridgehead atoms. The summed E-state index contributed by atoms with van der Waals surface area (Å²) in [6.45, 7) is 3.97. The highest BCUT2D eigenvalue weighted by Crippen LogP contribution is 2.24. The minimum absolute atomic E-state index is 0.531. The smallest absolute Gasteiger partial charge is 0.106 e. The number of aryl methyl sites for hydroxylation is 2. The van der Waals surface area contributed by atoms with Crippen LogP contribution in [0.1, 0.15) is 28.6 Å². The average molecular weight is 201 g/mol. The van der Waals surface area contributed by atoms with Gasteiger partial charge in [0.25, 0.3) is 0 Å². The number of aromatic nitrogens is 1. The van der Waals surface area contributed by atoms with Crippen molar-refractivity contribution < 1.29 is 5.11 Å². The van der Waals surface area contributed by atoms with Crippen LogP contribution in [-0.2, 0) is 0 Å². The van der Waals surface area contributed by atoms with Gasteiger partial charge < -0.3 is 10.1 Å². The lowest BCUT2D eigenvalue weighted by molar-refractivity contribution is 0.219. The number of benzene rings is 1. The molecule has 1 aromatic heterocycles. The minimum atomic E-state index is -0.531. The van der Waals surface area contributed by atoms with Crippen molar-refractivity contribution in [3.05, 3.63) is 58.9 Å². The van der Waals surface area contributed by atoms with Crippen LogP contribution in [0.2, 0.25) is 0 Å². The van der Waals surface area contributed by atoms with Crippen molar-refractivity contribution in [2.24, 2.45) is 0 Å². The fraction of sp³-hybridized carbons (Fsp3) is 0.231. The third kappa shape index (κ3) is 1.95. The highest BCUT2D eigenvalue weighted by Gasteiger charge is 2.13. The topological polar surface area (TPSA) is 36.0 Å². The molecule has 2 rings (SSSR count). The average Bonchev–Trinajstić information content (AvgIpc) is 2.58. The molecule has 0 aliphatic rings. The Hall–Kier alpha value is -1.54. The maximum absolute atomic E-state index is 10.2. The summed E-state index contributed by atoms with van der Waals surface area (Å²) in [4.78, 5) is 3.20. The molecule has 1 aromatic carbocycles. The van der Waals surface area contributed by atoms with E-state index < -0.39 is 6.10 Å². The van der Waals surface area contributed by atoms with E-state index >= 15 is 0 Å². The summed E-state index contributed by atoms with van der Waals surface area (Å²) >= 11 is 0. The molecule has 2 N–H and O–H groups in total. The largest absolute Gasteiger partial charge is 0.384 e. The van der Waals surface area contributed by atoms with E-state index in [0.29, 0.717) is 0 Å². The minimum Gasteiger partial charge on any atom is -0.384 e. The number of aliphatic hydroxyl groups is 1. The molecule has 2 aromatic rings. The van der Waals surface area contributed by atoms with Crippen molar-refractivity contribution in [3.63, 3.8) is 0 Å². The normalized spacial score (nSPS) is 12.7. The van der Waals surface area contributed by atoms with Crippen molar-refractivity contribution in [3.8, 4) is 0 Å². The van der Waals surface area contributed by atoms with Crippen molar-refractivity contribution in [1.82, 2.24) is 4.98 Å². The van der Waals surface area contributed by atoms with E-state index in [1.165, 1.54) is 0 Å². The van der Waals surface area contributed by atoms with E-state index in [2.05, 4.69) is 4.98 Å². The summed E-state index contributed by atoms with van der Waals surface area (Å²) in [7, 11) is 0. The van der Waals surface area contributed by atoms with E-state index in [9.17, 15) is 5.11 Å². The zero-order chi connectivity index (χ0) is 10.8. The molecule has 0 spiro atoms. The zero-order valence-corrected chi connectivity index (χ0v) is 8.99. The fourth-order valence-electron chi connectivity index (χ4n) is 1.84. The van der Waals surface area contributed by atoms with Gasteiger partial charge in [0.1, 0.15) is 6.10 Å². The molecule has 0 saturated carbocycles. The number of nitrogens with one attached hydrogen (secondary N) is 1. The Bertz CT molecular complexity index is 445. The Morgan fingerprint density at radius 3 is 2.33 bits per heavy atom. The van der Waals surface area contributed by atoms with Gasteiger partial charge in [-0.05, 0) is 25.5 Å². The van der Waals surface area contributed by atoms with Crippen molar-refractivity contribution in [2.45, 2.75) is 20.0 Å². The molecule has 1 heterocycles. The van der Waals surface area contributed by atoms with Crippen LogP contribution in [0.15, 0.2) is 36.4 Å². The van der Waals surface area contributed by atoms with Crippen LogP contribution in [0.25, 0.3) is 0 Å². The SMILES string of the molecule is Cc1cc(C(O)c2ccccc2)c(C)[nH]1. The van der Waals surface area contributed by atoms with E-state index in [-0.39, 0.29) is 0 Å². The lowest BCUT2D eigenvalue weighted by Gasteiger charge is -2.10. The molecular weight excluding hydrogens is 186 g/mol. The molecule has 2 nitrogen and oxygen atoms in total. The molecule has 1 atom stereocenters. The molecule has 78 valence electrons. The van der Waals surface area contributed by atoms with Gasteiger partial charge in [-0.2, -0.15) is 0 Å². The number of aliphatic hydroxyl groups excluding tert-OH is 1. The van der Waals surface area contributed by atoms with Gasteiger partial charge in [-0.25, -0.2) is 0 Å². The second-order valence-corrected chi connectivity index (χ2v) is 3.85. The molecule has 15 heavy (non-hydrogen) atoms. The Morgan fingerprint density at radius 1 is 1.13 bits per heavy atom. The van der Waals surface area contributed by atoms with Crippen molar-refractivity contribution in [1.29, 1.82) is 0 Å². The van der Waals surface area contributed by atoms with Crippen LogP contribution in [0, 0.1) is 13.8 Å². The number of H-pyrrole nitrogens is 1. The Labute approximate surface area is 89.6 Å². The molecular formula is C13H15NO. The maximum Gasteiger partial charge on any atom is 0.106 e. The lowest BCUT2D eigenvalue weighted by Crippen LogP contribution is -1.99. The molecule has 0 aliphatic carbocycles. The number of rotatable bonds is 2. The summed E-state index contributed by atoms with van der Waals surface area (Å²) in [5, 5.41) is 10.2. The van der Waals surface area contributed by atoms with Gasteiger partial charge in [-0.15, -0.1) is 0 Å². The van der Waals surface area contributed by atoms with Gasteiger partial charge in [0.15, 0.2) is 0 Å². The quantitative estimate of drug-likeness (QED) is 0.770. The predicted molar refractivity (Wildman–Crippen MR) is 60.8 cm³/mol. The first kappa shape index (κ1) is 9.99. The molecule has 0 fully saturated rings. The van der Waals surface area contributed by atoms with Crippen LogP contribution in [0.4, 0.5) is 0 Å². The number of hydrogen-bond acceptors (Lipinski definition) is 1. The maximum atomic E-state index is 10.2. The standard InChI is InChI=1S/C13H15NO/c1-9-8-12(10(2)14-9)13(15)11-6-4-3-5-7-11/h3-8,13-15H,1-2H3. The van der Waals surface area contributed by atoms with Gasteiger partial charge in [0.2, 0.25) is 0 Å². The number of aromatic amines is 1. The van der Waals surface area contributed by atoms with Crippen LogP contribution in [0.5, 0.6) is 0 Å². The van der Waals surface area contributed by atoms with Gasteiger partial charge in [-0.3, -0.25) is 0 Å². The summed E-state index contributed by atoms with van der Waals surface area (Å²) in [6, 6.07) is 11.7. The predicted octanol–water partition coefficient (Wildman–Crippen LogP) is 2.71. The molecule has 0 amide bonds. The first-order valence-electron chi connectivity index (χ1n) is 5.07. The van der Waals surface area contributed by atoms with Crippen LogP contribution in [0.3, 0.4) is 0 Å². The van der Waals surface area contributed by atoms with Crippen molar-refractivity contribution >= 4 is 0 Å². The van der Waals surface area contributed by atoms with Gasteiger partial charge >= 0.3 is 0 Å². The Morgan fingerprint density at radius 2 is 1.80 bits per heavy atom. The second kappa shape index (κ2) is 3.91. The summed E-state index contributed by atoms with van der Waals surface area (Å²) in [6.07, 6.45) is -0.531. The number of hydrogen-bond donors (Lipinski definition) is 2. The van der Waals surface area contributed by atoms with E-state index in [1.807, 2.05) is 50.2 Å². The van der Waals surface area contributed by atoms with Crippen LogP contribution >= 0.6 is 0 Å². The highest BCUT2D eigenvalue weighted by molar-refractivity contribution is 5.34. The fourth-order valence-corrected chi connectivity index (χ4v) is 1.84. The van der Waals surface area contributed by atoms with Gasteiger partial charge in [0, 0.05) is 17.0 Å². The van der Waals surface area contributed by atoms with E-state index in [4.69, 9.17) is 0 Å². The second-order valence-electron chi connectivity index (χ2n) is 3.85. The molecule has 1 unspecified atom stereocenters.